The minimum absolute atomic E-state index is 0.00588. The molecule has 0 fully saturated rings. The maximum absolute atomic E-state index is 11.2. The summed E-state index contributed by atoms with van der Waals surface area (Å²) in [6, 6.07) is 10.8. The minimum Gasteiger partial charge on any atom is -0.255 e. The maximum atomic E-state index is 11.2. The van der Waals surface area contributed by atoms with Crippen LogP contribution < -0.4 is 5.14 Å². The van der Waals surface area contributed by atoms with Crippen LogP contribution in [0.15, 0.2) is 41.4 Å². The van der Waals surface area contributed by atoms with Crippen molar-refractivity contribution in [2.75, 3.05) is 0 Å². The first-order valence-electron chi connectivity index (χ1n) is 4.61. The lowest BCUT2D eigenvalue weighted by molar-refractivity contribution is 0.579. The van der Waals surface area contributed by atoms with Gasteiger partial charge < -0.3 is 0 Å². The molecule has 1 heterocycles. The van der Waals surface area contributed by atoms with Gasteiger partial charge in [0.05, 0.1) is 5.69 Å². The third-order valence-electron chi connectivity index (χ3n) is 2.20. The molecule has 0 aliphatic carbocycles. The molecule has 0 unspecified atom stereocenters. The molecule has 16 heavy (non-hydrogen) atoms. The maximum Gasteiger partial charge on any atom is 0.255 e. The molecule has 1 aromatic heterocycles. The fourth-order valence-corrected chi connectivity index (χ4v) is 2.15. The summed E-state index contributed by atoms with van der Waals surface area (Å²) in [5, 5.41) is 9.17. The molecule has 1 aromatic carbocycles. The summed E-state index contributed by atoms with van der Waals surface area (Å²) in [4.78, 5) is 0. The van der Waals surface area contributed by atoms with Crippen LogP contribution in [0.4, 0.5) is 0 Å². The lowest BCUT2D eigenvalue weighted by Gasteiger charge is -1.95. The molecule has 0 aliphatic rings. The molecule has 0 amide bonds. The summed E-state index contributed by atoms with van der Waals surface area (Å²) < 4.78 is 23.7. The fourth-order valence-electron chi connectivity index (χ4n) is 1.47. The summed E-state index contributed by atoms with van der Waals surface area (Å²) in [6.45, 7) is 0. The quantitative estimate of drug-likeness (QED) is 0.836. The Morgan fingerprint density at radius 3 is 2.38 bits per heavy atom. The number of primary sulfonamides is 1. The molecule has 2 N–H and O–H groups in total. The first-order valence-corrected chi connectivity index (χ1v) is 6.15. The van der Waals surface area contributed by atoms with Gasteiger partial charge in [-0.25, -0.2) is 13.6 Å². The molecule has 0 bridgehead atoms. The zero-order valence-corrected chi connectivity index (χ0v) is 9.48. The van der Waals surface area contributed by atoms with E-state index in [0.717, 1.165) is 5.56 Å². The van der Waals surface area contributed by atoms with E-state index in [1.54, 1.807) is 7.05 Å². The van der Waals surface area contributed by atoms with Crippen LogP contribution in [0.3, 0.4) is 0 Å². The van der Waals surface area contributed by atoms with Gasteiger partial charge >= 0.3 is 0 Å². The highest BCUT2D eigenvalue weighted by Gasteiger charge is 2.15. The summed E-state index contributed by atoms with van der Waals surface area (Å²) in [5.41, 5.74) is 1.44. The largest absolute Gasteiger partial charge is 0.255 e. The Morgan fingerprint density at radius 2 is 1.88 bits per heavy atom. The minimum atomic E-state index is -3.72. The Hall–Kier alpha value is -1.66. The van der Waals surface area contributed by atoms with Crippen LogP contribution in [0.5, 0.6) is 0 Å². The molecule has 0 saturated carbocycles. The van der Waals surface area contributed by atoms with E-state index in [4.69, 9.17) is 5.14 Å². The molecule has 2 rings (SSSR count). The topological polar surface area (TPSA) is 78.0 Å². The van der Waals surface area contributed by atoms with Gasteiger partial charge in [0.25, 0.3) is 10.0 Å². The highest BCUT2D eigenvalue weighted by atomic mass is 32.2. The molecule has 84 valence electrons. The van der Waals surface area contributed by atoms with Crippen LogP contribution in [0, 0.1) is 0 Å². The number of hydrogen-bond acceptors (Lipinski definition) is 3. The number of aromatic nitrogens is 2. The molecule has 6 heteroatoms. The predicted molar refractivity (Wildman–Crippen MR) is 60.0 cm³/mol. The van der Waals surface area contributed by atoms with Gasteiger partial charge in [-0.05, 0) is 0 Å². The van der Waals surface area contributed by atoms with Crippen molar-refractivity contribution >= 4 is 10.0 Å². The van der Waals surface area contributed by atoms with Crippen molar-refractivity contribution in [1.29, 1.82) is 0 Å². The normalized spacial score (nSPS) is 11.6. The zero-order valence-electron chi connectivity index (χ0n) is 8.66. The standard InChI is InChI=1S/C10H11N3O2S/c1-13-10(16(11,14)15)7-9(12-13)8-5-3-2-4-6-8/h2-7H,1H3,(H2,11,14,15). The average Bonchev–Trinajstić information content (AvgIpc) is 2.61. The summed E-state index contributed by atoms with van der Waals surface area (Å²) >= 11 is 0. The molecule has 0 aliphatic heterocycles. The van der Waals surface area contributed by atoms with Gasteiger partial charge in [0.15, 0.2) is 5.03 Å². The van der Waals surface area contributed by atoms with Crippen LogP contribution in [-0.2, 0) is 17.1 Å². The van der Waals surface area contributed by atoms with E-state index >= 15 is 0 Å². The second-order valence-corrected chi connectivity index (χ2v) is 4.91. The zero-order chi connectivity index (χ0) is 11.8. The Balaban J connectivity index is 2.55. The van der Waals surface area contributed by atoms with Gasteiger partial charge in [0, 0.05) is 18.7 Å². The van der Waals surface area contributed by atoms with Crippen LogP contribution in [0.25, 0.3) is 11.3 Å². The van der Waals surface area contributed by atoms with Crippen molar-refractivity contribution in [2.45, 2.75) is 5.03 Å². The molecule has 5 nitrogen and oxygen atoms in total. The number of sulfonamides is 1. The number of nitrogens with zero attached hydrogens (tertiary/aromatic N) is 2. The lowest BCUT2D eigenvalue weighted by atomic mass is 10.2. The molecule has 0 saturated heterocycles. The number of hydrogen-bond donors (Lipinski definition) is 1. The third kappa shape index (κ3) is 1.98. The highest BCUT2D eigenvalue weighted by Crippen LogP contribution is 2.19. The fraction of sp³-hybridized carbons (Fsp3) is 0.100. The van der Waals surface area contributed by atoms with Gasteiger partial charge in [-0.3, -0.25) is 4.68 Å². The Labute approximate surface area is 93.6 Å². The molecule has 0 radical (unpaired) electrons. The molecule has 2 aromatic rings. The van der Waals surface area contributed by atoms with E-state index < -0.39 is 10.0 Å². The van der Waals surface area contributed by atoms with Crippen molar-refractivity contribution in [3.63, 3.8) is 0 Å². The van der Waals surface area contributed by atoms with Crippen molar-refractivity contribution in [3.05, 3.63) is 36.4 Å². The Morgan fingerprint density at radius 1 is 1.25 bits per heavy atom. The van der Waals surface area contributed by atoms with E-state index in [9.17, 15) is 8.42 Å². The van der Waals surface area contributed by atoms with Crippen molar-refractivity contribution < 1.29 is 8.42 Å². The first-order chi connectivity index (χ1) is 7.48. The van der Waals surface area contributed by atoms with E-state index in [1.165, 1.54) is 10.7 Å². The average molecular weight is 237 g/mol. The van der Waals surface area contributed by atoms with Gasteiger partial charge in [-0.15, -0.1) is 0 Å². The lowest BCUT2D eigenvalue weighted by Crippen LogP contribution is -2.16. The molecule has 0 atom stereocenters. The summed E-state index contributed by atoms with van der Waals surface area (Å²) in [5.74, 6) is 0. The Kier molecular flexibility index (Phi) is 2.53. The van der Waals surface area contributed by atoms with Gasteiger partial charge in [0.2, 0.25) is 0 Å². The number of nitrogens with two attached hydrogens (primary N) is 1. The smallest absolute Gasteiger partial charge is 0.255 e. The van der Waals surface area contributed by atoms with Crippen molar-refractivity contribution in [1.82, 2.24) is 9.78 Å². The molecule has 0 spiro atoms. The molecular weight excluding hydrogens is 226 g/mol. The second-order valence-electron chi connectivity index (χ2n) is 3.40. The number of aryl methyl sites for hydroxylation is 1. The van der Waals surface area contributed by atoms with Crippen LogP contribution in [-0.4, -0.2) is 18.2 Å². The first kappa shape index (κ1) is 10.8. The van der Waals surface area contributed by atoms with Gasteiger partial charge in [-0.1, -0.05) is 30.3 Å². The number of benzene rings is 1. The second kappa shape index (κ2) is 3.73. The van der Waals surface area contributed by atoms with Crippen LogP contribution in [0.1, 0.15) is 0 Å². The Bertz CT molecular complexity index is 602. The van der Waals surface area contributed by atoms with Crippen molar-refractivity contribution in [2.24, 2.45) is 12.2 Å². The van der Waals surface area contributed by atoms with E-state index in [2.05, 4.69) is 5.10 Å². The predicted octanol–water partition coefficient (Wildman–Crippen LogP) is 0.735. The van der Waals surface area contributed by atoms with E-state index in [0.29, 0.717) is 5.69 Å². The third-order valence-corrected chi connectivity index (χ3v) is 3.16. The van der Waals surface area contributed by atoms with Crippen LogP contribution >= 0.6 is 0 Å². The van der Waals surface area contributed by atoms with E-state index in [1.807, 2.05) is 30.3 Å². The summed E-state index contributed by atoms with van der Waals surface area (Å²) in [6.07, 6.45) is 0. The summed E-state index contributed by atoms with van der Waals surface area (Å²) in [7, 11) is -2.17. The number of rotatable bonds is 2. The van der Waals surface area contributed by atoms with Crippen molar-refractivity contribution in [3.8, 4) is 11.3 Å². The van der Waals surface area contributed by atoms with Gasteiger partial charge in [-0.2, -0.15) is 5.10 Å². The van der Waals surface area contributed by atoms with E-state index in [-0.39, 0.29) is 5.03 Å². The highest BCUT2D eigenvalue weighted by molar-refractivity contribution is 7.89. The van der Waals surface area contributed by atoms with Crippen LogP contribution in [0.2, 0.25) is 0 Å². The molecular formula is C10H11N3O2S. The monoisotopic (exact) mass is 237 g/mol. The van der Waals surface area contributed by atoms with Gasteiger partial charge in [0.1, 0.15) is 0 Å². The SMILES string of the molecule is Cn1nc(-c2ccccc2)cc1S(N)(=O)=O.